The fraction of sp³-hybridized carbons (Fsp3) is 0.350. The first-order chi connectivity index (χ1) is 13.8. The summed E-state index contributed by atoms with van der Waals surface area (Å²) < 4.78 is 5.60. The van der Waals surface area contributed by atoms with Crippen LogP contribution in [0.3, 0.4) is 0 Å². The lowest BCUT2D eigenvalue weighted by Gasteiger charge is -2.24. The van der Waals surface area contributed by atoms with Crippen LogP contribution in [0.15, 0.2) is 24.3 Å². The molecule has 2 N–H and O–H groups in total. The zero-order valence-corrected chi connectivity index (χ0v) is 16.1. The van der Waals surface area contributed by atoms with Gasteiger partial charge < -0.3 is 15.2 Å². The summed E-state index contributed by atoms with van der Waals surface area (Å²) in [5.74, 6) is -1.96. The van der Waals surface area contributed by atoms with Crippen molar-refractivity contribution in [3.05, 3.63) is 56.9 Å². The molecule has 0 radical (unpaired) electrons. The summed E-state index contributed by atoms with van der Waals surface area (Å²) in [6, 6.07) is 5.53. The van der Waals surface area contributed by atoms with Gasteiger partial charge in [0.2, 0.25) is 0 Å². The van der Waals surface area contributed by atoms with Gasteiger partial charge in [0, 0.05) is 24.2 Å². The van der Waals surface area contributed by atoms with E-state index >= 15 is 0 Å². The molecule has 9 heteroatoms. The van der Waals surface area contributed by atoms with Crippen LogP contribution in [0, 0.1) is 24.0 Å². The average molecular weight is 399 g/mol. The number of ether oxygens (including phenoxy) is 1. The number of nitrogens with zero attached hydrogens (tertiary/aromatic N) is 2. The number of nitro groups is 1. The van der Waals surface area contributed by atoms with Crippen LogP contribution < -0.4 is 5.32 Å². The van der Waals surface area contributed by atoms with Crippen molar-refractivity contribution in [2.75, 3.05) is 13.1 Å². The van der Waals surface area contributed by atoms with Crippen molar-refractivity contribution in [2.24, 2.45) is 0 Å². The molecule has 1 fully saturated rings. The Bertz CT molecular complexity index is 982. The Balaban J connectivity index is 2.18. The fourth-order valence-electron chi connectivity index (χ4n) is 3.56. The highest BCUT2D eigenvalue weighted by atomic mass is 16.6. The summed E-state index contributed by atoms with van der Waals surface area (Å²) in [5, 5.41) is 24.1. The minimum Gasteiger partial charge on any atom is -0.478 e. The molecule has 0 aliphatic carbocycles. The number of carbonyl (C=O) groups excluding carboxylic acids is 1. The van der Waals surface area contributed by atoms with E-state index in [1.807, 2.05) is 0 Å². The molecule has 2 heterocycles. The number of aryl methyl sites for hydroxylation is 2. The molecule has 29 heavy (non-hydrogen) atoms. The highest BCUT2D eigenvalue weighted by Crippen LogP contribution is 2.34. The maximum Gasteiger partial charge on any atom is 0.340 e. The van der Waals surface area contributed by atoms with E-state index in [9.17, 15) is 24.8 Å². The lowest BCUT2D eigenvalue weighted by molar-refractivity contribution is -0.384. The smallest absolute Gasteiger partial charge is 0.340 e. The van der Waals surface area contributed by atoms with Gasteiger partial charge in [-0.2, -0.15) is 0 Å². The number of esters is 1. The Hall–Kier alpha value is -3.33. The molecule has 0 bridgehead atoms. The molecule has 0 saturated carbocycles. The molecule has 0 unspecified atom stereocenters. The molecule has 1 atom stereocenters. The van der Waals surface area contributed by atoms with E-state index in [0.717, 1.165) is 13.0 Å². The molecule has 3 rings (SSSR count). The predicted octanol–water partition coefficient (Wildman–Crippen LogP) is 2.88. The van der Waals surface area contributed by atoms with Gasteiger partial charge in [0.25, 0.3) is 5.69 Å². The molecule has 0 spiro atoms. The second-order valence-electron chi connectivity index (χ2n) is 6.89. The molecular weight excluding hydrogens is 378 g/mol. The number of non-ortho nitro benzene ring substituents is 1. The third-order valence-corrected chi connectivity index (χ3v) is 4.85. The number of rotatable bonds is 5. The van der Waals surface area contributed by atoms with Crippen LogP contribution >= 0.6 is 0 Å². The van der Waals surface area contributed by atoms with Gasteiger partial charge >= 0.3 is 11.9 Å². The first-order valence-corrected chi connectivity index (χ1v) is 9.20. The van der Waals surface area contributed by atoms with Crippen LogP contribution in [-0.2, 0) is 4.74 Å². The van der Waals surface area contributed by atoms with Crippen LogP contribution in [0.2, 0.25) is 0 Å². The molecule has 152 valence electrons. The van der Waals surface area contributed by atoms with Crippen LogP contribution in [0.4, 0.5) is 5.69 Å². The molecule has 1 aromatic carbocycles. The highest BCUT2D eigenvalue weighted by molar-refractivity contribution is 6.06. The second kappa shape index (κ2) is 8.36. The number of carboxylic acids is 1. The maximum atomic E-state index is 13.0. The Morgan fingerprint density at radius 2 is 2.00 bits per heavy atom. The standard InChI is InChI=1S/C20H21N3O6/c1-11-16(19(24)25)18(13-5-3-6-14(9-13)23(27)28)17(12(2)22-11)20(26)29-15-7-4-8-21-10-15/h3,5-6,9,15,21H,4,7-8,10H2,1-2H3,(H,24,25)/t15-/m0/s1. The van der Waals surface area contributed by atoms with Gasteiger partial charge in [-0.3, -0.25) is 15.1 Å². The van der Waals surface area contributed by atoms with Crippen LogP contribution in [-0.4, -0.2) is 46.1 Å². The van der Waals surface area contributed by atoms with Crippen LogP contribution in [0.5, 0.6) is 0 Å². The van der Waals surface area contributed by atoms with E-state index in [1.54, 1.807) is 6.92 Å². The first kappa shape index (κ1) is 20.4. The van der Waals surface area contributed by atoms with E-state index < -0.39 is 16.9 Å². The van der Waals surface area contributed by atoms with E-state index in [-0.39, 0.29) is 39.7 Å². The van der Waals surface area contributed by atoms with E-state index in [0.29, 0.717) is 18.7 Å². The number of aromatic carboxylic acids is 1. The maximum absolute atomic E-state index is 13.0. The van der Waals surface area contributed by atoms with E-state index in [1.165, 1.54) is 31.2 Å². The lowest BCUT2D eigenvalue weighted by Crippen LogP contribution is -2.37. The molecule has 1 saturated heterocycles. The van der Waals surface area contributed by atoms with E-state index in [4.69, 9.17) is 4.74 Å². The van der Waals surface area contributed by atoms with Crippen molar-refractivity contribution in [3.8, 4) is 11.1 Å². The van der Waals surface area contributed by atoms with Crippen LogP contribution in [0.1, 0.15) is 44.9 Å². The summed E-state index contributed by atoms with van der Waals surface area (Å²) in [6.45, 7) is 4.48. The van der Waals surface area contributed by atoms with Gasteiger partial charge in [0.05, 0.1) is 27.4 Å². The molecule has 2 aromatic rings. The number of nitrogens with one attached hydrogen (secondary N) is 1. The second-order valence-corrected chi connectivity index (χ2v) is 6.89. The van der Waals surface area contributed by atoms with Crippen molar-refractivity contribution in [1.29, 1.82) is 0 Å². The number of carboxylic acid groups (broad SMARTS) is 1. The van der Waals surface area contributed by atoms with Gasteiger partial charge in [0.1, 0.15) is 6.10 Å². The lowest BCUT2D eigenvalue weighted by atomic mass is 9.92. The fourth-order valence-corrected chi connectivity index (χ4v) is 3.56. The van der Waals surface area contributed by atoms with Gasteiger partial charge in [-0.05, 0) is 38.8 Å². The minimum atomic E-state index is -1.27. The number of hydrogen-bond donors (Lipinski definition) is 2. The normalized spacial score (nSPS) is 16.3. The Morgan fingerprint density at radius 1 is 1.28 bits per heavy atom. The third kappa shape index (κ3) is 4.24. The molecule has 1 aliphatic rings. The highest BCUT2D eigenvalue weighted by Gasteiger charge is 2.29. The first-order valence-electron chi connectivity index (χ1n) is 9.20. The van der Waals surface area contributed by atoms with Crippen molar-refractivity contribution >= 4 is 17.6 Å². The van der Waals surface area contributed by atoms with E-state index in [2.05, 4.69) is 10.3 Å². The number of piperidine rings is 1. The van der Waals surface area contributed by atoms with Gasteiger partial charge in [-0.25, -0.2) is 9.59 Å². The minimum absolute atomic E-state index is 0.0130. The largest absolute Gasteiger partial charge is 0.478 e. The third-order valence-electron chi connectivity index (χ3n) is 4.85. The molecular formula is C20H21N3O6. The number of benzene rings is 1. The van der Waals surface area contributed by atoms with Gasteiger partial charge in [-0.15, -0.1) is 0 Å². The summed E-state index contributed by atoms with van der Waals surface area (Å²) >= 11 is 0. The summed E-state index contributed by atoms with van der Waals surface area (Å²) in [5.41, 5.74) is 0.486. The molecule has 1 aromatic heterocycles. The molecule has 9 nitrogen and oxygen atoms in total. The van der Waals surface area contributed by atoms with Crippen molar-refractivity contribution in [3.63, 3.8) is 0 Å². The number of aromatic nitrogens is 1. The zero-order valence-electron chi connectivity index (χ0n) is 16.1. The summed E-state index contributed by atoms with van der Waals surface area (Å²) in [4.78, 5) is 39.8. The molecule has 1 aliphatic heterocycles. The monoisotopic (exact) mass is 399 g/mol. The SMILES string of the molecule is Cc1nc(C)c(C(=O)O[C@H]2CCCNC2)c(-c2cccc([N+](=O)[O-])c2)c1C(=O)O. The Labute approximate surface area is 166 Å². The van der Waals surface area contributed by atoms with Gasteiger partial charge in [-0.1, -0.05) is 12.1 Å². The van der Waals surface area contributed by atoms with Gasteiger partial charge in [0.15, 0.2) is 0 Å². The topological polar surface area (TPSA) is 132 Å². The number of carbonyl (C=O) groups is 2. The van der Waals surface area contributed by atoms with Crippen molar-refractivity contribution in [2.45, 2.75) is 32.8 Å². The zero-order chi connectivity index (χ0) is 21.1. The average Bonchev–Trinajstić information content (AvgIpc) is 2.67. The summed E-state index contributed by atoms with van der Waals surface area (Å²) in [7, 11) is 0. The van der Waals surface area contributed by atoms with Crippen molar-refractivity contribution in [1.82, 2.24) is 10.3 Å². The quantitative estimate of drug-likeness (QED) is 0.446. The number of pyridine rings is 1. The van der Waals surface area contributed by atoms with Crippen LogP contribution in [0.25, 0.3) is 11.1 Å². The Kier molecular flexibility index (Phi) is 5.88. The van der Waals surface area contributed by atoms with Crippen molar-refractivity contribution < 1.29 is 24.4 Å². The predicted molar refractivity (Wildman–Crippen MR) is 104 cm³/mol. The summed E-state index contributed by atoms with van der Waals surface area (Å²) in [6.07, 6.45) is 1.24. The molecule has 0 amide bonds. The number of nitro benzene ring substituents is 1. The number of hydrogen-bond acceptors (Lipinski definition) is 7. The Morgan fingerprint density at radius 3 is 2.62 bits per heavy atom.